The molecule has 3 heterocycles. The maximum absolute atomic E-state index is 13.8. The highest BCUT2D eigenvalue weighted by Crippen LogP contribution is 2.31. The van der Waals surface area contributed by atoms with Gasteiger partial charge in [0.2, 0.25) is 0 Å². The maximum atomic E-state index is 13.8. The number of allylic oxidation sites excluding steroid dienone is 1. The summed E-state index contributed by atoms with van der Waals surface area (Å²) in [6.45, 7) is 5.97. The van der Waals surface area contributed by atoms with Crippen LogP contribution >= 0.6 is 11.3 Å². The number of nitrogens with zero attached hydrogens (tertiary/aromatic N) is 4. The van der Waals surface area contributed by atoms with Crippen LogP contribution in [-0.2, 0) is 16.1 Å². The number of aryl methyl sites for hydroxylation is 1. The van der Waals surface area contributed by atoms with E-state index in [4.69, 9.17) is 4.74 Å². The zero-order chi connectivity index (χ0) is 25.4. The molecular weight excluding hydrogens is 472 g/mol. The van der Waals surface area contributed by atoms with Gasteiger partial charge in [0, 0.05) is 22.7 Å². The van der Waals surface area contributed by atoms with E-state index in [1.807, 2.05) is 72.3 Å². The summed E-state index contributed by atoms with van der Waals surface area (Å²) in [5.41, 5.74) is 4.35. The van der Waals surface area contributed by atoms with Gasteiger partial charge in [0.15, 0.2) is 4.80 Å². The Balaban J connectivity index is 1.74. The van der Waals surface area contributed by atoms with Crippen molar-refractivity contribution in [2.45, 2.75) is 33.4 Å². The van der Waals surface area contributed by atoms with Gasteiger partial charge in [-0.2, -0.15) is 5.26 Å². The fraction of sp³-hybridized carbons (Fsp3) is 0.214. The van der Waals surface area contributed by atoms with Crippen LogP contribution in [0.2, 0.25) is 0 Å². The number of rotatable bonds is 5. The van der Waals surface area contributed by atoms with Gasteiger partial charge in [0.25, 0.3) is 5.56 Å². The third-order valence-corrected chi connectivity index (χ3v) is 7.24. The predicted molar refractivity (Wildman–Crippen MR) is 139 cm³/mol. The molecule has 0 spiro atoms. The zero-order valence-corrected chi connectivity index (χ0v) is 21.0. The van der Waals surface area contributed by atoms with Crippen molar-refractivity contribution in [3.63, 3.8) is 0 Å². The van der Waals surface area contributed by atoms with Crippen molar-refractivity contribution < 1.29 is 9.53 Å². The largest absolute Gasteiger partial charge is 0.463 e. The number of ether oxygens (including phenoxy) is 1. The minimum absolute atomic E-state index is 0.213. The fourth-order valence-electron chi connectivity index (χ4n) is 4.59. The Morgan fingerprint density at radius 1 is 1.19 bits per heavy atom. The minimum Gasteiger partial charge on any atom is -0.463 e. The van der Waals surface area contributed by atoms with Gasteiger partial charge >= 0.3 is 5.97 Å². The lowest BCUT2D eigenvalue weighted by Crippen LogP contribution is -2.39. The van der Waals surface area contributed by atoms with E-state index in [2.05, 4.69) is 11.1 Å². The number of para-hydroxylation sites is 1. The Bertz CT molecular complexity index is 1750. The molecular formula is C28H24N4O3S. The van der Waals surface area contributed by atoms with Gasteiger partial charge in [-0.1, -0.05) is 59.4 Å². The Labute approximate surface area is 211 Å². The van der Waals surface area contributed by atoms with Crippen LogP contribution in [0, 0.1) is 18.3 Å². The molecule has 4 aromatic rings. The minimum atomic E-state index is -0.636. The van der Waals surface area contributed by atoms with Crippen molar-refractivity contribution in [3.8, 4) is 6.07 Å². The van der Waals surface area contributed by atoms with Crippen LogP contribution in [0.5, 0.6) is 0 Å². The highest BCUT2D eigenvalue weighted by Gasteiger charge is 2.33. The van der Waals surface area contributed by atoms with Crippen LogP contribution in [-0.4, -0.2) is 21.7 Å². The van der Waals surface area contributed by atoms with Crippen LogP contribution in [0.1, 0.15) is 36.6 Å². The first-order chi connectivity index (χ1) is 17.4. The SMILES string of the molecule is CCOC(=O)C1=C(C)N=c2s/c(=C\c3cn(CC#N)c4ccccc34)c(=O)n2[C@H]1c1ccc(C)cc1. The van der Waals surface area contributed by atoms with E-state index in [0.717, 1.165) is 27.6 Å². The second kappa shape index (κ2) is 9.44. The molecule has 0 saturated heterocycles. The monoisotopic (exact) mass is 496 g/mol. The summed E-state index contributed by atoms with van der Waals surface area (Å²) >= 11 is 1.29. The summed E-state index contributed by atoms with van der Waals surface area (Å²) in [7, 11) is 0. The van der Waals surface area contributed by atoms with Crippen LogP contribution in [0.25, 0.3) is 17.0 Å². The molecule has 0 saturated carbocycles. The Kier molecular flexibility index (Phi) is 6.17. The molecule has 0 fully saturated rings. The quantitative estimate of drug-likeness (QED) is 0.395. The number of hydrogen-bond donors (Lipinski definition) is 0. The summed E-state index contributed by atoms with van der Waals surface area (Å²) in [5.74, 6) is -0.474. The van der Waals surface area contributed by atoms with E-state index in [0.29, 0.717) is 20.6 Å². The summed E-state index contributed by atoms with van der Waals surface area (Å²) in [5, 5.41) is 10.2. The van der Waals surface area contributed by atoms with Crippen molar-refractivity contribution >= 4 is 34.3 Å². The average Bonchev–Trinajstić information content (AvgIpc) is 3.36. The number of benzene rings is 2. The molecule has 0 unspecified atom stereocenters. The normalized spacial score (nSPS) is 15.5. The Morgan fingerprint density at radius 2 is 1.94 bits per heavy atom. The van der Waals surface area contributed by atoms with Crippen molar-refractivity contribution in [1.82, 2.24) is 9.13 Å². The van der Waals surface area contributed by atoms with E-state index in [1.165, 1.54) is 11.3 Å². The molecule has 2 aromatic carbocycles. The lowest BCUT2D eigenvalue weighted by molar-refractivity contribution is -0.139. The van der Waals surface area contributed by atoms with Crippen LogP contribution in [0.15, 0.2) is 75.8 Å². The van der Waals surface area contributed by atoms with Gasteiger partial charge in [-0.05, 0) is 38.5 Å². The third kappa shape index (κ3) is 3.97. The molecule has 2 aromatic heterocycles. The predicted octanol–water partition coefficient (Wildman–Crippen LogP) is 3.59. The number of carbonyl (C=O) groups is 1. The zero-order valence-electron chi connectivity index (χ0n) is 20.2. The van der Waals surface area contributed by atoms with E-state index in [1.54, 1.807) is 18.4 Å². The summed E-state index contributed by atoms with van der Waals surface area (Å²) in [6, 6.07) is 17.1. The number of esters is 1. The van der Waals surface area contributed by atoms with Gasteiger partial charge in [-0.25, -0.2) is 9.79 Å². The molecule has 0 amide bonds. The molecule has 8 heteroatoms. The highest BCUT2D eigenvalue weighted by molar-refractivity contribution is 7.07. The number of nitriles is 1. The number of carbonyl (C=O) groups excluding carboxylic acids is 1. The van der Waals surface area contributed by atoms with Gasteiger partial charge in [-0.15, -0.1) is 0 Å². The first kappa shape index (κ1) is 23.5. The summed E-state index contributed by atoms with van der Waals surface area (Å²) in [6.07, 6.45) is 3.73. The van der Waals surface area contributed by atoms with E-state index < -0.39 is 12.0 Å². The number of aromatic nitrogens is 2. The molecule has 1 atom stereocenters. The number of thiazole rings is 1. The second-order valence-corrected chi connectivity index (χ2v) is 9.61. The highest BCUT2D eigenvalue weighted by atomic mass is 32.1. The third-order valence-electron chi connectivity index (χ3n) is 6.26. The lowest BCUT2D eigenvalue weighted by Gasteiger charge is -2.24. The molecule has 0 aliphatic carbocycles. The summed E-state index contributed by atoms with van der Waals surface area (Å²) in [4.78, 5) is 32.0. The molecule has 36 heavy (non-hydrogen) atoms. The Morgan fingerprint density at radius 3 is 2.67 bits per heavy atom. The van der Waals surface area contributed by atoms with E-state index in [-0.39, 0.29) is 18.7 Å². The molecule has 7 nitrogen and oxygen atoms in total. The van der Waals surface area contributed by atoms with E-state index >= 15 is 0 Å². The van der Waals surface area contributed by atoms with Gasteiger partial charge in [-0.3, -0.25) is 9.36 Å². The van der Waals surface area contributed by atoms with Gasteiger partial charge < -0.3 is 9.30 Å². The van der Waals surface area contributed by atoms with Crippen molar-refractivity contribution in [2.75, 3.05) is 6.61 Å². The molecule has 180 valence electrons. The average molecular weight is 497 g/mol. The maximum Gasteiger partial charge on any atom is 0.338 e. The first-order valence-electron chi connectivity index (χ1n) is 11.6. The van der Waals surface area contributed by atoms with Crippen molar-refractivity contribution in [1.29, 1.82) is 5.26 Å². The molecule has 0 N–H and O–H groups in total. The Hall–Kier alpha value is -4.22. The lowest BCUT2D eigenvalue weighted by atomic mass is 9.95. The number of fused-ring (bicyclic) bond motifs is 2. The van der Waals surface area contributed by atoms with Crippen molar-refractivity contribution in [2.24, 2.45) is 4.99 Å². The molecule has 0 bridgehead atoms. The van der Waals surface area contributed by atoms with Crippen LogP contribution < -0.4 is 14.9 Å². The summed E-state index contributed by atoms with van der Waals surface area (Å²) < 4.78 is 9.32. The topological polar surface area (TPSA) is 89.4 Å². The van der Waals surface area contributed by atoms with Gasteiger partial charge in [0.1, 0.15) is 6.54 Å². The first-order valence-corrected chi connectivity index (χ1v) is 12.5. The smallest absolute Gasteiger partial charge is 0.338 e. The van der Waals surface area contributed by atoms with Crippen LogP contribution in [0.4, 0.5) is 0 Å². The van der Waals surface area contributed by atoms with Gasteiger partial charge in [0.05, 0.1) is 34.5 Å². The van der Waals surface area contributed by atoms with Crippen molar-refractivity contribution in [3.05, 3.63) is 102 Å². The fourth-order valence-corrected chi connectivity index (χ4v) is 5.63. The molecule has 1 aliphatic rings. The molecule has 1 aliphatic heterocycles. The standard InChI is InChI=1S/C28H24N4O3S/c1-4-35-27(34)24-18(3)30-28-32(25(24)19-11-9-17(2)10-12-19)26(33)23(36-28)15-20-16-31(14-13-29)22-8-6-5-7-21(20)22/h5-12,15-16,25H,4,14H2,1-3H3/b23-15-/t25-/m0/s1. The number of hydrogen-bond acceptors (Lipinski definition) is 6. The second-order valence-electron chi connectivity index (χ2n) is 8.60. The molecule has 5 rings (SSSR count). The van der Waals surface area contributed by atoms with Crippen LogP contribution in [0.3, 0.4) is 0 Å². The van der Waals surface area contributed by atoms with E-state index in [9.17, 15) is 14.9 Å². The molecule has 0 radical (unpaired) electrons.